The molecule has 0 spiro atoms. The standard InChI is InChI=1S/C52H46Cl2N6O5/c53-41-27-43(45(55-29-41)59-25-19-37(31-59)33-7-3-1-4-8-33)47(61)57-51(21-22-51)39-15-11-35(12-16-39)49(63)65-50(64)36-13-17-40(18-14-36)52(23-24-52)58-48(62)44-28-42(54)30-56-46(44)60-26-20-38(32-60)34-9-5-2-6-10-34/h1-18,27-30,37-38H,19-26,31-32H2,(H,57,61)(H,58,62). The number of anilines is 2. The smallest absolute Gasteiger partial charge is 0.346 e. The number of carbonyl (C=O) groups is 4. The van der Waals surface area contributed by atoms with Crippen molar-refractivity contribution >= 4 is 58.6 Å². The Bertz CT molecular complexity index is 2590. The van der Waals surface area contributed by atoms with Gasteiger partial charge in [0, 0.05) is 50.4 Å². The summed E-state index contributed by atoms with van der Waals surface area (Å²) in [5.74, 6) is -0.241. The second-order valence-electron chi connectivity index (χ2n) is 17.6. The maximum Gasteiger partial charge on any atom is 0.346 e. The van der Waals surface area contributed by atoms with E-state index in [1.807, 2.05) is 36.4 Å². The van der Waals surface area contributed by atoms with Gasteiger partial charge < -0.3 is 25.2 Å². The Morgan fingerprint density at radius 3 is 1.31 bits per heavy atom. The molecule has 2 aliphatic carbocycles. The molecule has 2 N–H and O–H groups in total. The summed E-state index contributed by atoms with van der Waals surface area (Å²) in [7, 11) is 0. The van der Waals surface area contributed by atoms with Crippen LogP contribution in [0.15, 0.2) is 134 Å². The number of amides is 2. The van der Waals surface area contributed by atoms with Crippen molar-refractivity contribution in [2.45, 2.75) is 61.4 Å². The summed E-state index contributed by atoms with van der Waals surface area (Å²) < 4.78 is 5.30. The van der Waals surface area contributed by atoms with Crippen LogP contribution in [-0.2, 0) is 15.8 Å². The van der Waals surface area contributed by atoms with Gasteiger partial charge in [0.25, 0.3) is 11.8 Å². The molecular weight excluding hydrogens is 860 g/mol. The van der Waals surface area contributed by atoms with Gasteiger partial charge in [-0.1, -0.05) is 108 Å². The van der Waals surface area contributed by atoms with Gasteiger partial charge >= 0.3 is 11.9 Å². The van der Waals surface area contributed by atoms with Crippen LogP contribution in [0.3, 0.4) is 0 Å². The van der Waals surface area contributed by atoms with Gasteiger partial charge in [0.15, 0.2) is 0 Å². The topological polar surface area (TPSA) is 134 Å². The number of hydrogen-bond donors (Lipinski definition) is 2. The molecule has 4 aromatic carbocycles. The zero-order valence-corrected chi connectivity index (χ0v) is 37.0. The van der Waals surface area contributed by atoms with Crippen LogP contribution in [0.5, 0.6) is 0 Å². The van der Waals surface area contributed by atoms with E-state index in [1.165, 1.54) is 11.1 Å². The van der Waals surface area contributed by atoms with Crippen LogP contribution >= 0.6 is 23.2 Å². The van der Waals surface area contributed by atoms with E-state index in [1.54, 1.807) is 73.1 Å². The fraction of sp³-hybridized carbons (Fsp3) is 0.269. The third kappa shape index (κ3) is 8.83. The summed E-state index contributed by atoms with van der Waals surface area (Å²) in [6.45, 7) is 3.03. The van der Waals surface area contributed by atoms with Crippen molar-refractivity contribution in [3.63, 3.8) is 0 Å². The largest absolute Gasteiger partial charge is 0.386 e. The number of esters is 2. The fourth-order valence-corrected chi connectivity index (χ4v) is 9.76. The van der Waals surface area contributed by atoms with Crippen molar-refractivity contribution < 1.29 is 23.9 Å². The lowest BCUT2D eigenvalue weighted by molar-refractivity contribution is 0.0397. The van der Waals surface area contributed by atoms with Crippen molar-refractivity contribution in [1.82, 2.24) is 20.6 Å². The molecule has 2 saturated carbocycles. The van der Waals surface area contributed by atoms with E-state index in [4.69, 9.17) is 27.9 Å². The third-order valence-electron chi connectivity index (χ3n) is 13.4. The molecule has 4 heterocycles. The number of nitrogens with one attached hydrogen (secondary N) is 2. The van der Waals surface area contributed by atoms with Crippen LogP contribution in [0.1, 0.15) is 114 Å². The number of rotatable bonds is 12. The van der Waals surface area contributed by atoms with Crippen LogP contribution in [0.2, 0.25) is 10.0 Å². The molecule has 11 nitrogen and oxygen atoms in total. The second kappa shape index (κ2) is 17.4. The van der Waals surface area contributed by atoms with Gasteiger partial charge in [-0.15, -0.1) is 0 Å². The highest BCUT2D eigenvalue weighted by Crippen LogP contribution is 2.47. The number of benzene rings is 4. The average molecular weight is 906 g/mol. The van der Waals surface area contributed by atoms with Gasteiger partial charge in [-0.3, -0.25) is 9.59 Å². The van der Waals surface area contributed by atoms with Crippen LogP contribution in [-0.4, -0.2) is 59.9 Å². The van der Waals surface area contributed by atoms with Crippen LogP contribution in [0.4, 0.5) is 11.6 Å². The Morgan fingerprint density at radius 1 is 0.554 bits per heavy atom. The number of carbonyl (C=O) groups excluding carboxylic acids is 4. The van der Waals surface area contributed by atoms with Crippen molar-refractivity contribution in [3.8, 4) is 0 Å². The van der Waals surface area contributed by atoms with E-state index in [9.17, 15) is 19.2 Å². The summed E-state index contributed by atoms with van der Waals surface area (Å²) in [4.78, 5) is 67.7. The summed E-state index contributed by atoms with van der Waals surface area (Å²) in [6.07, 6.45) is 7.94. The van der Waals surface area contributed by atoms with Gasteiger partial charge in [-0.2, -0.15) is 0 Å². The molecule has 4 aliphatic rings. The molecule has 6 aromatic rings. The Labute approximate surface area is 387 Å². The molecule has 2 aromatic heterocycles. The number of halogens is 2. The van der Waals surface area contributed by atoms with Gasteiger partial charge in [-0.05, 0) is 97.2 Å². The molecule has 0 bridgehead atoms. The molecule has 10 rings (SSSR count). The molecule has 65 heavy (non-hydrogen) atoms. The summed E-state index contributed by atoms with van der Waals surface area (Å²) >= 11 is 12.7. The predicted molar refractivity (Wildman–Crippen MR) is 250 cm³/mol. The molecule has 13 heteroatoms. The first kappa shape index (κ1) is 42.4. The van der Waals surface area contributed by atoms with Crippen molar-refractivity contribution in [3.05, 3.63) is 188 Å². The molecule has 0 radical (unpaired) electrons. The minimum absolute atomic E-state index is 0.197. The number of hydrogen-bond acceptors (Lipinski definition) is 9. The summed E-state index contributed by atoms with van der Waals surface area (Å²) in [5.41, 5.74) is 4.21. The van der Waals surface area contributed by atoms with E-state index in [-0.39, 0.29) is 22.9 Å². The zero-order valence-electron chi connectivity index (χ0n) is 35.5. The molecule has 2 saturated heterocycles. The highest BCUT2D eigenvalue weighted by Gasteiger charge is 2.47. The highest BCUT2D eigenvalue weighted by atomic mass is 35.5. The van der Waals surface area contributed by atoms with Gasteiger partial charge in [0.05, 0.1) is 43.4 Å². The first-order valence-electron chi connectivity index (χ1n) is 22.1. The zero-order chi connectivity index (χ0) is 44.7. The minimum Gasteiger partial charge on any atom is -0.386 e. The Morgan fingerprint density at radius 2 is 0.938 bits per heavy atom. The fourth-order valence-electron chi connectivity index (χ4n) is 9.45. The van der Waals surface area contributed by atoms with Gasteiger partial charge in [0.2, 0.25) is 0 Å². The van der Waals surface area contributed by atoms with Crippen LogP contribution < -0.4 is 20.4 Å². The molecule has 2 amide bonds. The monoisotopic (exact) mass is 904 g/mol. The quantitative estimate of drug-likeness (QED) is 0.0910. The van der Waals surface area contributed by atoms with E-state index < -0.39 is 23.0 Å². The SMILES string of the molecule is O=C(OC(=O)c1ccc(C2(NC(=O)c3cc(Cl)cnc3N3CCC(c4ccccc4)C3)CC2)cc1)c1ccc(C2(NC(=O)c3cc(Cl)cnc3N3CCC(c4ccccc4)C3)CC2)cc1. The molecule has 2 unspecified atom stereocenters. The van der Waals surface area contributed by atoms with Crippen LogP contribution in [0, 0.1) is 0 Å². The first-order chi connectivity index (χ1) is 31.6. The average Bonchev–Trinajstić information content (AvgIpc) is 4.17. The molecule has 2 aliphatic heterocycles. The first-order valence-corrected chi connectivity index (χ1v) is 22.9. The second-order valence-corrected chi connectivity index (χ2v) is 18.5. The van der Waals surface area contributed by atoms with E-state index in [0.29, 0.717) is 44.6 Å². The number of pyridine rings is 2. The van der Waals surface area contributed by atoms with Crippen molar-refractivity contribution in [2.24, 2.45) is 0 Å². The lowest BCUT2D eigenvalue weighted by Crippen LogP contribution is -2.36. The van der Waals surface area contributed by atoms with Crippen LogP contribution in [0.25, 0.3) is 0 Å². The summed E-state index contributed by atoms with van der Waals surface area (Å²) in [5, 5.41) is 7.21. The lowest BCUT2D eigenvalue weighted by Gasteiger charge is -2.23. The predicted octanol–water partition coefficient (Wildman–Crippen LogP) is 9.61. The molecule has 2 atom stereocenters. The van der Waals surface area contributed by atoms with E-state index in [0.717, 1.165) is 75.8 Å². The Hall–Kier alpha value is -6.56. The normalized spacial score (nSPS) is 19.0. The number of ether oxygens (including phenoxy) is 1. The van der Waals surface area contributed by atoms with Gasteiger partial charge in [-0.25, -0.2) is 19.6 Å². The highest BCUT2D eigenvalue weighted by molar-refractivity contribution is 6.31. The van der Waals surface area contributed by atoms with Crippen molar-refractivity contribution in [2.75, 3.05) is 36.0 Å². The molecule has 328 valence electrons. The Balaban J connectivity index is 0.756. The van der Waals surface area contributed by atoms with E-state index in [2.05, 4.69) is 54.7 Å². The Kier molecular flexibility index (Phi) is 11.4. The van der Waals surface area contributed by atoms with Gasteiger partial charge in [0.1, 0.15) is 11.6 Å². The number of aromatic nitrogens is 2. The molecule has 4 fully saturated rings. The molecular formula is C52H46Cl2N6O5. The maximum atomic E-state index is 13.9. The lowest BCUT2D eigenvalue weighted by atomic mass is 9.99. The number of nitrogens with zero attached hydrogens (tertiary/aromatic N) is 4. The third-order valence-corrected chi connectivity index (χ3v) is 13.8. The van der Waals surface area contributed by atoms with Crippen molar-refractivity contribution in [1.29, 1.82) is 0 Å². The maximum absolute atomic E-state index is 13.9. The summed E-state index contributed by atoms with van der Waals surface area (Å²) in [6, 6.07) is 37.6. The van der Waals surface area contributed by atoms with E-state index >= 15 is 0 Å². The minimum atomic E-state index is -0.793.